The maximum Gasteiger partial charge on any atom is 0.119 e. The molecular weight excluding hydrogens is 278 g/mol. The highest BCUT2D eigenvalue weighted by Gasteiger charge is 2.18. The van der Waals surface area contributed by atoms with Crippen LogP contribution in [0.2, 0.25) is 0 Å². The maximum absolute atomic E-state index is 5.97. The van der Waals surface area contributed by atoms with Gasteiger partial charge in [-0.15, -0.1) is 0 Å². The van der Waals surface area contributed by atoms with E-state index in [1.807, 2.05) is 6.07 Å². The van der Waals surface area contributed by atoms with E-state index in [0.29, 0.717) is 6.04 Å². The molecule has 3 rings (SSSR count). The van der Waals surface area contributed by atoms with Crippen molar-refractivity contribution < 1.29 is 9.47 Å². The van der Waals surface area contributed by atoms with Crippen molar-refractivity contribution in [1.82, 2.24) is 9.80 Å². The van der Waals surface area contributed by atoms with Crippen LogP contribution in [-0.2, 0) is 11.3 Å². The van der Waals surface area contributed by atoms with Gasteiger partial charge in [0.1, 0.15) is 12.4 Å². The monoisotopic (exact) mass is 305 g/mol. The van der Waals surface area contributed by atoms with Crippen LogP contribution in [0, 0.1) is 0 Å². The van der Waals surface area contributed by atoms with E-state index in [2.05, 4.69) is 28.0 Å². The van der Waals surface area contributed by atoms with Crippen LogP contribution in [0.15, 0.2) is 24.3 Å². The average Bonchev–Trinajstić information content (AvgIpc) is 2.94. The van der Waals surface area contributed by atoms with Crippen LogP contribution in [0.4, 0.5) is 0 Å². The summed E-state index contributed by atoms with van der Waals surface area (Å²) in [6.45, 7) is 8.48. The van der Waals surface area contributed by atoms with Crippen LogP contribution in [0.5, 0.6) is 5.75 Å². The zero-order valence-electron chi connectivity index (χ0n) is 13.2. The van der Waals surface area contributed by atoms with Gasteiger partial charge >= 0.3 is 0 Å². The fourth-order valence-electron chi connectivity index (χ4n) is 3.12. The van der Waals surface area contributed by atoms with Gasteiger partial charge in [-0.25, -0.2) is 0 Å². The zero-order chi connectivity index (χ0) is 15.2. The number of rotatable bonds is 6. The van der Waals surface area contributed by atoms with E-state index in [-0.39, 0.29) is 0 Å². The summed E-state index contributed by atoms with van der Waals surface area (Å²) in [6, 6.07) is 8.78. The number of nitrogens with zero attached hydrogens (tertiary/aromatic N) is 2. The molecule has 2 aliphatic rings. The molecule has 5 nitrogen and oxygen atoms in total. The standard InChI is InChI=1S/C17H27N3O2/c18-16-4-5-20(14-16)13-15-2-1-3-17(12-15)22-11-8-19-6-9-21-10-7-19/h1-3,12,16H,4-11,13-14,18H2/t16-/m0/s1. The molecule has 122 valence electrons. The van der Waals surface area contributed by atoms with Gasteiger partial charge in [0, 0.05) is 45.3 Å². The van der Waals surface area contributed by atoms with Gasteiger partial charge in [-0.2, -0.15) is 0 Å². The third-order valence-corrected chi connectivity index (χ3v) is 4.39. The minimum atomic E-state index is 0.341. The van der Waals surface area contributed by atoms with Crippen molar-refractivity contribution in [3.05, 3.63) is 29.8 Å². The van der Waals surface area contributed by atoms with Crippen LogP contribution in [0.1, 0.15) is 12.0 Å². The predicted molar refractivity (Wildman–Crippen MR) is 87.1 cm³/mol. The first kappa shape index (κ1) is 15.7. The van der Waals surface area contributed by atoms with E-state index >= 15 is 0 Å². The van der Waals surface area contributed by atoms with Crippen molar-refractivity contribution in [1.29, 1.82) is 0 Å². The molecule has 2 fully saturated rings. The molecule has 0 spiro atoms. The molecule has 2 saturated heterocycles. The lowest BCUT2D eigenvalue weighted by atomic mass is 10.2. The normalized spacial score (nSPS) is 23.8. The largest absolute Gasteiger partial charge is 0.492 e. The molecule has 0 radical (unpaired) electrons. The van der Waals surface area contributed by atoms with Crippen molar-refractivity contribution >= 4 is 0 Å². The summed E-state index contributed by atoms with van der Waals surface area (Å²) in [5, 5.41) is 0. The molecule has 0 aliphatic carbocycles. The predicted octanol–water partition coefficient (Wildman–Crippen LogP) is 0.931. The van der Waals surface area contributed by atoms with Crippen LogP contribution < -0.4 is 10.5 Å². The highest BCUT2D eigenvalue weighted by molar-refractivity contribution is 5.28. The topological polar surface area (TPSA) is 51.0 Å². The Hall–Kier alpha value is -1.14. The smallest absolute Gasteiger partial charge is 0.119 e. The first-order valence-electron chi connectivity index (χ1n) is 8.29. The quantitative estimate of drug-likeness (QED) is 0.847. The molecule has 1 aromatic carbocycles. The van der Waals surface area contributed by atoms with Gasteiger partial charge in [-0.05, 0) is 24.1 Å². The third-order valence-electron chi connectivity index (χ3n) is 4.39. The van der Waals surface area contributed by atoms with E-state index in [9.17, 15) is 0 Å². The Morgan fingerprint density at radius 1 is 1.18 bits per heavy atom. The Balaban J connectivity index is 1.44. The summed E-state index contributed by atoms with van der Waals surface area (Å²) in [7, 11) is 0. The zero-order valence-corrected chi connectivity index (χ0v) is 13.2. The number of morpholine rings is 1. The van der Waals surface area contributed by atoms with Crippen molar-refractivity contribution in [2.24, 2.45) is 5.73 Å². The molecule has 1 aromatic rings. The first-order chi connectivity index (χ1) is 10.8. The lowest BCUT2D eigenvalue weighted by molar-refractivity contribution is 0.0322. The number of hydrogen-bond acceptors (Lipinski definition) is 5. The van der Waals surface area contributed by atoms with E-state index in [0.717, 1.165) is 71.3 Å². The van der Waals surface area contributed by atoms with E-state index < -0.39 is 0 Å². The molecule has 0 saturated carbocycles. The second-order valence-corrected chi connectivity index (χ2v) is 6.23. The Labute approximate surface area is 133 Å². The summed E-state index contributed by atoms with van der Waals surface area (Å²) >= 11 is 0. The van der Waals surface area contributed by atoms with Crippen molar-refractivity contribution in [3.8, 4) is 5.75 Å². The molecule has 0 aromatic heterocycles. The van der Waals surface area contributed by atoms with Crippen LogP contribution in [0.3, 0.4) is 0 Å². The van der Waals surface area contributed by atoms with Gasteiger partial charge in [0.05, 0.1) is 13.2 Å². The summed E-state index contributed by atoms with van der Waals surface area (Å²) in [5.74, 6) is 0.967. The molecule has 5 heteroatoms. The molecule has 2 N–H and O–H groups in total. The Bertz CT molecular complexity index is 463. The summed E-state index contributed by atoms with van der Waals surface area (Å²) in [5.41, 5.74) is 7.27. The minimum absolute atomic E-state index is 0.341. The van der Waals surface area contributed by atoms with Crippen molar-refractivity contribution in [2.75, 3.05) is 52.5 Å². The fourth-order valence-corrected chi connectivity index (χ4v) is 3.12. The summed E-state index contributed by atoms with van der Waals surface area (Å²) in [6.07, 6.45) is 1.11. The Morgan fingerprint density at radius 3 is 2.82 bits per heavy atom. The Kier molecular flexibility index (Phi) is 5.67. The fraction of sp³-hybridized carbons (Fsp3) is 0.647. The summed E-state index contributed by atoms with van der Waals surface area (Å²) in [4.78, 5) is 4.80. The first-order valence-corrected chi connectivity index (χ1v) is 8.29. The van der Waals surface area contributed by atoms with Gasteiger partial charge < -0.3 is 15.2 Å². The minimum Gasteiger partial charge on any atom is -0.492 e. The number of nitrogens with two attached hydrogens (primary N) is 1. The molecule has 1 atom stereocenters. The van der Waals surface area contributed by atoms with Crippen molar-refractivity contribution in [3.63, 3.8) is 0 Å². The van der Waals surface area contributed by atoms with Crippen LogP contribution >= 0.6 is 0 Å². The molecule has 2 heterocycles. The maximum atomic E-state index is 5.97. The van der Waals surface area contributed by atoms with Gasteiger partial charge in [0.15, 0.2) is 0 Å². The SMILES string of the molecule is N[C@H]1CCN(Cc2cccc(OCCN3CCOCC3)c2)C1. The second kappa shape index (κ2) is 7.92. The molecule has 0 bridgehead atoms. The highest BCUT2D eigenvalue weighted by atomic mass is 16.5. The van der Waals surface area contributed by atoms with E-state index in [4.69, 9.17) is 15.2 Å². The number of benzene rings is 1. The van der Waals surface area contributed by atoms with Crippen LogP contribution in [0.25, 0.3) is 0 Å². The van der Waals surface area contributed by atoms with Crippen molar-refractivity contribution in [2.45, 2.75) is 19.0 Å². The van der Waals surface area contributed by atoms with Gasteiger partial charge in [-0.1, -0.05) is 12.1 Å². The van der Waals surface area contributed by atoms with E-state index in [1.165, 1.54) is 5.56 Å². The lowest BCUT2D eigenvalue weighted by Gasteiger charge is -2.26. The van der Waals surface area contributed by atoms with Gasteiger partial charge in [-0.3, -0.25) is 9.80 Å². The average molecular weight is 305 g/mol. The summed E-state index contributed by atoms with van der Waals surface area (Å²) < 4.78 is 11.3. The number of ether oxygens (including phenoxy) is 2. The van der Waals surface area contributed by atoms with Gasteiger partial charge in [0.2, 0.25) is 0 Å². The molecule has 22 heavy (non-hydrogen) atoms. The second-order valence-electron chi connectivity index (χ2n) is 6.23. The molecule has 0 amide bonds. The molecular formula is C17H27N3O2. The van der Waals surface area contributed by atoms with Gasteiger partial charge in [0.25, 0.3) is 0 Å². The molecule has 0 unspecified atom stereocenters. The molecule has 2 aliphatic heterocycles. The third kappa shape index (κ3) is 4.68. The number of likely N-dealkylation sites (tertiary alicyclic amines) is 1. The van der Waals surface area contributed by atoms with E-state index in [1.54, 1.807) is 0 Å². The Morgan fingerprint density at radius 2 is 2.05 bits per heavy atom. The van der Waals surface area contributed by atoms with Crippen LogP contribution in [-0.4, -0.2) is 68.4 Å². The highest BCUT2D eigenvalue weighted by Crippen LogP contribution is 2.17. The lowest BCUT2D eigenvalue weighted by Crippen LogP contribution is -2.38. The number of hydrogen-bond donors (Lipinski definition) is 1.